The second-order valence-corrected chi connectivity index (χ2v) is 8.11. The summed E-state index contributed by atoms with van der Waals surface area (Å²) in [5.41, 5.74) is 9.45. The van der Waals surface area contributed by atoms with Crippen molar-refractivity contribution in [3.63, 3.8) is 0 Å². The van der Waals surface area contributed by atoms with Gasteiger partial charge in [0.2, 0.25) is 0 Å². The van der Waals surface area contributed by atoms with Gasteiger partial charge in [-0.1, -0.05) is 24.6 Å². The van der Waals surface area contributed by atoms with E-state index in [1.165, 1.54) is 33.2 Å². The van der Waals surface area contributed by atoms with Crippen LogP contribution in [-0.2, 0) is 34.2 Å². The van der Waals surface area contributed by atoms with Crippen LogP contribution in [0.15, 0.2) is 60.9 Å². The Kier molecular flexibility index (Phi) is 6.67. The topological polar surface area (TPSA) is 35.6 Å². The molecule has 0 aliphatic rings. The molecule has 6 aromatic rings. The van der Waals surface area contributed by atoms with Crippen LogP contribution in [-0.4, -0.2) is 19.1 Å². The Morgan fingerprint density at radius 3 is 1.52 bits per heavy atom. The van der Waals surface area contributed by atoms with Crippen molar-refractivity contribution in [3.05, 3.63) is 84.2 Å². The molecule has 0 spiro atoms. The molecule has 0 unspecified atom stereocenters. The predicted molar refractivity (Wildman–Crippen MR) is 133 cm³/mol. The molecule has 0 saturated carbocycles. The first kappa shape index (κ1) is 23.2. The second kappa shape index (κ2) is 9.49. The van der Waals surface area contributed by atoms with Gasteiger partial charge in [-0.15, -0.1) is 47.5 Å². The quantitative estimate of drug-likeness (QED) is 0.206. The second-order valence-electron chi connectivity index (χ2n) is 8.11. The van der Waals surface area contributed by atoms with Crippen LogP contribution in [0.3, 0.4) is 0 Å². The summed E-state index contributed by atoms with van der Waals surface area (Å²) in [6.45, 7) is 10.4. The van der Waals surface area contributed by atoms with E-state index >= 15 is 0 Å². The summed E-state index contributed by atoms with van der Waals surface area (Å²) < 4.78 is 4.59. The molecule has 0 atom stereocenters. The van der Waals surface area contributed by atoms with Crippen LogP contribution in [0.4, 0.5) is 0 Å². The van der Waals surface area contributed by atoms with Crippen LogP contribution in [0.5, 0.6) is 0 Å². The third-order valence-corrected chi connectivity index (χ3v) is 5.97. The van der Waals surface area contributed by atoms with Gasteiger partial charge in [-0.3, -0.25) is 0 Å². The van der Waals surface area contributed by atoms with Crippen LogP contribution in [0.2, 0.25) is 0 Å². The molecular weight excluding hydrogens is 587 g/mol. The number of nitrogens with zero attached hydrogens (tertiary/aromatic N) is 4. The molecule has 0 amide bonds. The maximum absolute atomic E-state index is 4.46. The molecule has 2 aromatic carbocycles. The minimum atomic E-state index is 0. The fraction of sp³-hybridized carbons (Fsp3) is 0.214. The molecule has 0 aliphatic heterocycles. The van der Waals surface area contributed by atoms with E-state index in [2.05, 4.69) is 83.2 Å². The summed E-state index contributed by atoms with van der Waals surface area (Å²) in [5, 5.41) is 2.26. The van der Waals surface area contributed by atoms with Gasteiger partial charge in [0.05, 0.1) is 0 Å². The van der Waals surface area contributed by atoms with Gasteiger partial charge in [0.1, 0.15) is 0 Å². The molecular formula is C28H26N4Pt. The van der Waals surface area contributed by atoms with E-state index in [9.17, 15) is 0 Å². The van der Waals surface area contributed by atoms with E-state index in [1.54, 1.807) is 0 Å². The Hall–Kier alpha value is -2.97. The molecule has 0 bridgehead atoms. The normalized spacial score (nSPS) is 11.0. The van der Waals surface area contributed by atoms with Crippen molar-refractivity contribution in [2.75, 3.05) is 0 Å². The average Bonchev–Trinajstić information content (AvgIpc) is 3.30. The van der Waals surface area contributed by atoms with Crippen molar-refractivity contribution in [1.82, 2.24) is 19.1 Å². The molecule has 0 N–H and O–H groups in total. The molecule has 5 heteroatoms. The fourth-order valence-corrected chi connectivity index (χ4v) is 4.54. The van der Waals surface area contributed by atoms with Gasteiger partial charge in [-0.05, 0) is 49.1 Å². The molecule has 0 saturated heterocycles. The maximum Gasteiger partial charge on any atom is 2.00 e. The van der Waals surface area contributed by atoms with Crippen molar-refractivity contribution in [3.8, 4) is 0 Å². The van der Waals surface area contributed by atoms with E-state index in [-0.39, 0.29) is 21.1 Å². The van der Waals surface area contributed by atoms with Crippen molar-refractivity contribution >= 4 is 43.9 Å². The zero-order valence-corrected chi connectivity index (χ0v) is 21.6. The third-order valence-electron chi connectivity index (χ3n) is 5.97. The Labute approximate surface area is 208 Å². The van der Waals surface area contributed by atoms with Gasteiger partial charge in [-0.2, -0.15) is 0 Å². The number of hydrogen-bond donors (Lipinski definition) is 0. The van der Waals surface area contributed by atoms with Crippen molar-refractivity contribution in [2.24, 2.45) is 0 Å². The van der Waals surface area contributed by atoms with E-state index in [1.807, 2.05) is 36.7 Å². The Balaban J connectivity index is 0.000000152. The number of pyridine rings is 2. The van der Waals surface area contributed by atoms with Crippen molar-refractivity contribution < 1.29 is 21.1 Å². The Bertz CT molecular complexity index is 1460. The number of aryl methyl sites for hydroxylation is 4. The molecule has 33 heavy (non-hydrogen) atoms. The molecule has 4 heterocycles. The molecule has 4 nitrogen and oxygen atoms in total. The third kappa shape index (κ3) is 3.98. The molecule has 168 valence electrons. The number of benzene rings is 2. The zero-order valence-electron chi connectivity index (χ0n) is 19.3. The maximum atomic E-state index is 4.46. The van der Waals surface area contributed by atoms with Gasteiger partial charge in [0.25, 0.3) is 0 Å². The molecule has 0 aliphatic carbocycles. The molecule has 0 fully saturated rings. The van der Waals surface area contributed by atoms with Crippen molar-refractivity contribution in [2.45, 2.75) is 40.8 Å². The molecule has 4 aromatic heterocycles. The van der Waals surface area contributed by atoms with Crippen LogP contribution in [0, 0.1) is 26.0 Å². The standard InChI is InChI=1S/2C14H13N2.Pt/c2*1-3-16-12-5-4-8-15-14(12)11-7-6-10(2)9-13(11)16;/h2*4-6,8-9H,3H2,1-2H3;/q2*-1;+2. The fourth-order valence-electron chi connectivity index (χ4n) is 4.54. The van der Waals surface area contributed by atoms with Gasteiger partial charge in [0, 0.05) is 47.6 Å². The summed E-state index contributed by atoms with van der Waals surface area (Å²) in [6.07, 6.45) is 3.69. The summed E-state index contributed by atoms with van der Waals surface area (Å²) in [7, 11) is 0. The van der Waals surface area contributed by atoms with Crippen LogP contribution in [0.1, 0.15) is 25.0 Å². The van der Waals surface area contributed by atoms with Gasteiger partial charge < -0.3 is 19.1 Å². The van der Waals surface area contributed by atoms with E-state index in [4.69, 9.17) is 0 Å². The molecule has 0 radical (unpaired) electrons. The summed E-state index contributed by atoms with van der Waals surface area (Å²) in [5.74, 6) is 0. The van der Waals surface area contributed by atoms with Crippen LogP contribution in [0.25, 0.3) is 43.9 Å². The van der Waals surface area contributed by atoms with Gasteiger partial charge >= 0.3 is 21.1 Å². The number of rotatable bonds is 2. The Morgan fingerprint density at radius 2 is 1.12 bits per heavy atom. The number of fused-ring (bicyclic) bond motifs is 6. The van der Waals surface area contributed by atoms with Crippen molar-refractivity contribution in [1.29, 1.82) is 0 Å². The molecule has 6 rings (SSSR count). The zero-order chi connectivity index (χ0) is 22.2. The van der Waals surface area contributed by atoms with Gasteiger partial charge in [-0.25, -0.2) is 0 Å². The monoisotopic (exact) mass is 613 g/mol. The van der Waals surface area contributed by atoms with Crippen LogP contribution >= 0.6 is 0 Å². The van der Waals surface area contributed by atoms with Crippen LogP contribution < -0.4 is 0 Å². The Morgan fingerprint density at radius 1 is 0.697 bits per heavy atom. The first-order valence-corrected chi connectivity index (χ1v) is 11.1. The smallest absolute Gasteiger partial charge is 0.388 e. The first-order valence-electron chi connectivity index (χ1n) is 11.1. The average molecular weight is 614 g/mol. The number of hydrogen-bond acceptors (Lipinski definition) is 2. The number of aromatic nitrogens is 4. The minimum absolute atomic E-state index is 0. The SMILES string of the molecule is CCn1c2cc(C)c[c-]c2c2ncccc21.CCn1c2cc(C)c[c-]c2c2ncccc21.[Pt+2]. The van der Waals surface area contributed by atoms with Gasteiger partial charge in [0.15, 0.2) is 0 Å². The van der Waals surface area contributed by atoms with E-state index < -0.39 is 0 Å². The minimum Gasteiger partial charge on any atom is -0.388 e. The van der Waals surface area contributed by atoms with E-state index in [0.29, 0.717) is 0 Å². The first-order chi connectivity index (χ1) is 15.6. The summed E-state index contributed by atoms with van der Waals surface area (Å²) in [4.78, 5) is 8.91. The summed E-state index contributed by atoms with van der Waals surface area (Å²) in [6, 6.07) is 23.3. The summed E-state index contributed by atoms with van der Waals surface area (Å²) >= 11 is 0. The van der Waals surface area contributed by atoms with E-state index in [0.717, 1.165) is 34.9 Å². The largest absolute Gasteiger partial charge is 2.00 e. The predicted octanol–water partition coefficient (Wildman–Crippen LogP) is 6.63.